The topological polar surface area (TPSA) is 35.2 Å². The first-order chi connectivity index (χ1) is 8.94. The molecule has 3 rings (SSSR count). The van der Waals surface area contributed by atoms with Gasteiger partial charge in [0.15, 0.2) is 0 Å². The second kappa shape index (κ2) is 3.98. The molecule has 0 aromatic heterocycles. The third-order valence-corrected chi connectivity index (χ3v) is 3.39. The van der Waals surface area contributed by atoms with Crippen molar-refractivity contribution in [3.05, 3.63) is 47.8 Å². The average molecular weight is 257 g/mol. The van der Waals surface area contributed by atoms with Crippen LogP contribution < -0.4 is 10.5 Å². The van der Waals surface area contributed by atoms with E-state index in [1.54, 1.807) is 6.07 Å². The number of halogens is 1. The van der Waals surface area contributed by atoms with E-state index in [0.29, 0.717) is 5.69 Å². The molecule has 1 heterocycles. The number of fused-ring (bicyclic) bond motifs is 1. The lowest BCUT2D eigenvalue weighted by molar-refractivity contribution is 0.138. The lowest BCUT2D eigenvalue weighted by Crippen LogP contribution is -2.24. The number of anilines is 1. The number of hydrogen-bond donors (Lipinski definition) is 1. The average Bonchev–Trinajstić information content (AvgIpc) is 2.61. The molecule has 98 valence electrons. The van der Waals surface area contributed by atoms with Crippen molar-refractivity contribution in [2.75, 3.05) is 5.73 Å². The van der Waals surface area contributed by atoms with E-state index in [1.165, 1.54) is 17.7 Å². The highest BCUT2D eigenvalue weighted by Gasteiger charge is 2.30. The molecular formula is C16H16FNO. The van der Waals surface area contributed by atoms with Crippen LogP contribution >= 0.6 is 0 Å². The molecule has 0 radical (unpaired) electrons. The van der Waals surface area contributed by atoms with Gasteiger partial charge in [0.05, 0.1) is 0 Å². The molecule has 0 amide bonds. The van der Waals surface area contributed by atoms with Gasteiger partial charge < -0.3 is 10.5 Å². The molecule has 0 saturated carbocycles. The highest BCUT2D eigenvalue weighted by atomic mass is 19.1. The monoisotopic (exact) mass is 257 g/mol. The van der Waals surface area contributed by atoms with Crippen LogP contribution in [0.1, 0.15) is 19.4 Å². The van der Waals surface area contributed by atoms with Crippen molar-refractivity contribution < 1.29 is 9.13 Å². The Kier molecular flexibility index (Phi) is 2.52. The number of rotatable bonds is 1. The maximum absolute atomic E-state index is 13.1. The standard InChI is InChI=1S/C16H16FNO/c1-16(2)9-11-7-10(3-6-15(11)19-16)13-5-4-12(17)8-14(13)18/h3-8H,9,18H2,1-2H3. The predicted octanol–water partition coefficient (Wildman–Crippen LogP) is 3.79. The minimum Gasteiger partial charge on any atom is -0.487 e. The predicted molar refractivity (Wildman–Crippen MR) is 74.7 cm³/mol. The summed E-state index contributed by atoms with van der Waals surface area (Å²) in [7, 11) is 0. The molecule has 0 aliphatic carbocycles. The van der Waals surface area contributed by atoms with E-state index in [2.05, 4.69) is 19.9 Å². The second-order valence-corrected chi connectivity index (χ2v) is 5.59. The SMILES string of the molecule is CC1(C)Cc2cc(-c3ccc(F)cc3N)ccc2O1. The maximum atomic E-state index is 13.1. The van der Waals surface area contributed by atoms with E-state index in [4.69, 9.17) is 10.5 Å². The largest absolute Gasteiger partial charge is 0.487 e. The van der Waals surface area contributed by atoms with Crippen LogP contribution in [0.25, 0.3) is 11.1 Å². The summed E-state index contributed by atoms with van der Waals surface area (Å²) in [4.78, 5) is 0. The Hall–Kier alpha value is -2.03. The van der Waals surface area contributed by atoms with E-state index >= 15 is 0 Å². The van der Waals surface area contributed by atoms with E-state index in [-0.39, 0.29) is 11.4 Å². The van der Waals surface area contributed by atoms with Gasteiger partial charge in [0, 0.05) is 17.7 Å². The van der Waals surface area contributed by atoms with Crippen LogP contribution in [0.4, 0.5) is 10.1 Å². The summed E-state index contributed by atoms with van der Waals surface area (Å²) in [6, 6.07) is 10.5. The van der Waals surface area contributed by atoms with Gasteiger partial charge in [-0.1, -0.05) is 6.07 Å². The number of nitrogen functional groups attached to an aromatic ring is 1. The number of ether oxygens (including phenoxy) is 1. The molecule has 0 spiro atoms. The first-order valence-electron chi connectivity index (χ1n) is 6.32. The van der Waals surface area contributed by atoms with Crippen molar-refractivity contribution in [3.63, 3.8) is 0 Å². The number of benzene rings is 2. The Balaban J connectivity index is 2.04. The minimum absolute atomic E-state index is 0.157. The normalized spacial score (nSPS) is 15.9. The minimum atomic E-state index is -0.313. The third-order valence-electron chi connectivity index (χ3n) is 3.39. The lowest BCUT2D eigenvalue weighted by Gasteiger charge is -2.16. The molecule has 19 heavy (non-hydrogen) atoms. The van der Waals surface area contributed by atoms with Crippen molar-refractivity contribution in [2.45, 2.75) is 25.9 Å². The Morgan fingerprint density at radius 2 is 1.95 bits per heavy atom. The lowest BCUT2D eigenvalue weighted by atomic mass is 9.97. The van der Waals surface area contributed by atoms with Crippen LogP contribution in [0, 0.1) is 5.82 Å². The third kappa shape index (κ3) is 2.16. The Labute approximate surface area is 112 Å². The summed E-state index contributed by atoms with van der Waals surface area (Å²) in [5, 5.41) is 0. The molecule has 2 nitrogen and oxygen atoms in total. The van der Waals surface area contributed by atoms with Crippen molar-refractivity contribution in [1.29, 1.82) is 0 Å². The molecule has 0 saturated heterocycles. The molecule has 0 bridgehead atoms. The molecule has 1 aliphatic rings. The van der Waals surface area contributed by atoms with E-state index in [0.717, 1.165) is 23.3 Å². The Morgan fingerprint density at radius 3 is 2.68 bits per heavy atom. The van der Waals surface area contributed by atoms with E-state index in [9.17, 15) is 4.39 Å². The van der Waals surface area contributed by atoms with Crippen LogP contribution in [0.15, 0.2) is 36.4 Å². The summed E-state index contributed by atoms with van der Waals surface area (Å²) in [5.41, 5.74) is 9.21. The fourth-order valence-corrected chi connectivity index (χ4v) is 2.57. The summed E-state index contributed by atoms with van der Waals surface area (Å²) in [5.74, 6) is 0.612. The molecule has 2 N–H and O–H groups in total. The smallest absolute Gasteiger partial charge is 0.125 e. The van der Waals surface area contributed by atoms with Gasteiger partial charge in [0.25, 0.3) is 0 Å². The molecule has 2 aromatic rings. The maximum Gasteiger partial charge on any atom is 0.125 e. The summed E-state index contributed by atoms with van der Waals surface area (Å²) < 4.78 is 18.9. The first-order valence-corrected chi connectivity index (χ1v) is 6.32. The van der Waals surface area contributed by atoms with Gasteiger partial charge in [-0.15, -0.1) is 0 Å². The van der Waals surface area contributed by atoms with Crippen LogP contribution in [-0.2, 0) is 6.42 Å². The quantitative estimate of drug-likeness (QED) is 0.789. The van der Waals surface area contributed by atoms with Crippen molar-refractivity contribution >= 4 is 5.69 Å². The highest BCUT2D eigenvalue weighted by molar-refractivity contribution is 5.77. The van der Waals surface area contributed by atoms with Gasteiger partial charge in [0.1, 0.15) is 17.2 Å². The van der Waals surface area contributed by atoms with Crippen molar-refractivity contribution in [1.82, 2.24) is 0 Å². The fraction of sp³-hybridized carbons (Fsp3) is 0.250. The molecule has 0 unspecified atom stereocenters. The van der Waals surface area contributed by atoms with Crippen LogP contribution in [-0.4, -0.2) is 5.60 Å². The molecule has 1 aliphatic heterocycles. The molecular weight excluding hydrogens is 241 g/mol. The Bertz CT molecular complexity index is 649. The van der Waals surface area contributed by atoms with Crippen molar-refractivity contribution in [3.8, 4) is 16.9 Å². The van der Waals surface area contributed by atoms with Gasteiger partial charge in [0.2, 0.25) is 0 Å². The highest BCUT2D eigenvalue weighted by Crippen LogP contribution is 2.38. The van der Waals surface area contributed by atoms with Gasteiger partial charge in [-0.25, -0.2) is 4.39 Å². The van der Waals surface area contributed by atoms with Crippen LogP contribution in [0.3, 0.4) is 0 Å². The zero-order chi connectivity index (χ0) is 13.6. The molecule has 3 heteroatoms. The molecule has 0 atom stereocenters. The van der Waals surface area contributed by atoms with E-state index < -0.39 is 0 Å². The van der Waals surface area contributed by atoms with Gasteiger partial charge in [-0.3, -0.25) is 0 Å². The van der Waals surface area contributed by atoms with Crippen molar-refractivity contribution in [2.24, 2.45) is 0 Å². The Morgan fingerprint density at radius 1 is 1.16 bits per heavy atom. The van der Waals surface area contributed by atoms with Gasteiger partial charge in [-0.2, -0.15) is 0 Å². The number of hydrogen-bond acceptors (Lipinski definition) is 2. The zero-order valence-corrected chi connectivity index (χ0v) is 11.0. The summed E-state index contributed by atoms with van der Waals surface area (Å²) in [6.45, 7) is 4.14. The first kappa shape index (κ1) is 12.0. The fourth-order valence-electron chi connectivity index (χ4n) is 2.57. The van der Waals surface area contributed by atoms with Gasteiger partial charge in [-0.05, 0) is 55.3 Å². The van der Waals surface area contributed by atoms with Gasteiger partial charge >= 0.3 is 0 Å². The molecule has 0 fully saturated rings. The van der Waals surface area contributed by atoms with Crippen LogP contribution in [0.2, 0.25) is 0 Å². The molecule has 2 aromatic carbocycles. The van der Waals surface area contributed by atoms with Crippen LogP contribution in [0.5, 0.6) is 5.75 Å². The zero-order valence-electron chi connectivity index (χ0n) is 11.0. The number of nitrogens with two attached hydrogens (primary N) is 1. The summed E-state index contributed by atoms with van der Waals surface area (Å²) >= 11 is 0. The second-order valence-electron chi connectivity index (χ2n) is 5.59. The summed E-state index contributed by atoms with van der Waals surface area (Å²) in [6.07, 6.45) is 0.872. The van der Waals surface area contributed by atoms with E-state index in [1.807, 2.05) is 12.1 Å².